The lowest BCUT2D eigenvalue weighted by Gasteiger charge is -2.06. The molecule has 0 N–H and O–H groups in total. The van der Waals surface area contributed by atoms with E-state index in [9.17, 15) is 0 Å². The van der Waals surface area contributed by atoms with Crippen LogP contribution in [0.3, 0.4) is 0 Å². The molecule has 2 aromatic rings. The maximum absolute atomic E-state index is 9.06. The molecule has 0 aliphatic heterocycles. The molecule has 5 nitrogen and oxygen atoms in total. The first-order valence-electron chi connectivity index (χ1n) is 5.16. The summed E-state index contributed by atoms with van der Waals surface area (Å²) in [5, 5.41) is 13.2. The largest absolute Gasteiger partial charge is 0.420 e. The van der Waals surface area contributed by atoms with Gasteiger partial charge in [-0.05, 0) is 25.5 Å². The molecule has 0 amide bonds. The van der Waals surface area contributed by atoms with Gasteiger partial charge >= 0.3 is 0 Å². The van der Waals surface area contributed by atoms with Crippen molar-refractivity contribution in [1.82, 2.24) is 14.8 Å². The van der Waals surface area contributed by atoms with Crippen LogP contribution in [-0.2, 0) is 7.05 Å². The second-order valence-electron chi connectivity index (χ2n) is 3.77. The lowest BCUT2D eigenvalue weighted by molar-refractivity contribution is 0.414. The van der Waals surface area contributed by atoms with Crippen molar-refractivity contribution in [2.24, 2.45) is 7.05 Å². The Kier molecular flexibility index (Phi) is 2.79. The second kappa shape index (κ2) is 4.26. The lowest BCUT2D eigenvalue weighted by Crippen LogP contribution is -1.99. The molecular weight excluding hydrogens is 216 g/mol. The number of ether oxygens (including phenoxy) is 1. The number of nitrogens with zero attached hydrogens (tertiary/aromatic N) is 4. The van der Waals surface area contributed by atoms with Crippen molar-refractivity contribution in [2.45, 2.75) is 13.8 Å². The van der Waals surface area contributed by atoms with Crippen molar-refractivity contribution in [1.29, 1.82) is 5.26 Å². The molecule has 0 aliphatic rings. The highest BCUT2D eigenvalue weighted by atomic mass is 16.5. The molecule has 86 valence electrons. The molecule has 2 aromatic heterocycles. The molecule has 0 radical (unpaired) electrons. The molecule has 2 rings (SSSR count). The molecule has 5 heteroatoms. The SMILES string of the molecule is Cc1cc(Oc2nccc(C)c2C#N)n(C)n1. The van der Waals surface area contributed by atoms with E-state index >= 15 is 0 Å². The van der Waals surface area contributed by atoms with Crippen LogP contribution in [0.25, 0.3) is 0 Å². The van der Waals surface area contributed by atoms with Crippen LogP contribution in [0.15, 0.2) is 18.3 Å². The fourth-order valence-electron chi connectivity index (χ4n) is 1.53. The van der Waals surface area contributed by atoms with E-state index in [-0.39, 0.29) is 0 Å². The Labute approximate surface area is 99.3 Å². The summed E-state index contributed by atoms with van der Waals surface area (Å²) in [7, 11) is 1.78. The maximum Gasteiger partial charge on any atom is 0.239 e. The van der Waals surface area contributed by atoms with Crippen molar-refractivity contribution in [3.05, 3.63) is 35.2 Å². The third-order valence-corrected chi connectivity index (χ3v) is 2.40. The average molecular weight is 228 g/mol. The van der Waals surface area contributed by atoms with Gasteiger partial charge in [0.2, 0.25) is 11.8 Å². The molecule has 2 heterocycles. The number of aryl methyl sites for hydroxylation is 3. The first-order valence-corrected chi connectivity index (χ1v) is 5.16. The summed E-state index contributed by atoms with van der Waals surface area (Å²) in [6, 6.07) is 5.67. The van der Waals surface area contributed by atoms with E-state index in [2.05, 4.69) is 16.2 Å². The molecule has 0 bridgehead atoms. The minimum Gasteiger partial charge on any atom is -0.420 e. The maximum atomic E-state index is 9.06. The van der Waals surface area contributed by atoms with Gasteiger partial charge in [-0.1, -0.05) is 0 Å². The zero-order valence-corrected chi connectivity index (χ0v) is 9.93. The van der Waals surface area contributed by atoms with Crippen molar-refractivity contribution in [2.75, 3.05) is 0 Å². The van der Waals surface area contributed by atoms with Crippen LogP contribution in [0, 0.1) is 25.2 Å². The van der Waals surface area contributed by atoms with Crippen molar-refractivity contribution >= 4 is 0 Å². The summed E-state index contributed by atoms with van der Waals surface area (Å²) in [6.07, 6.45) is 1.62. The highest BCUT2D eigenvalue weighted by Crippen LogP contribution is 2.24. The van der Waals surface area contributed by atoms with Gasteiger partial charge in [0.05, 0.1) is 5.69 Å². The summed E-state index contributed by atoms with van der Waals surface area (Å²) >= 11 is 0. The van der Waals surface area contributed by atoms with E-state index in [0.717, 1.165) is 11.3 Å². The molecule has 0 saturated carbocycles. The topological polar surface area (TPSA) is 63.7 Å². The highest BCUT2D eigenvalue weighted by molar-refractivity contribution is 5.44. The predicted octanol–water partition coefficient (Wildman–Crippen LogP) is 2.10. The molecule has 17 heavy (non-hydrogen) atoms. The fourth-order valence-corrected chi connectivity index (χ4v) is 1.53. The normalized spacial score (nSPS) is 10.0. The predicted molar refractivity (Wildman–Crippen MR) is 61.7 cm³/mol. The molecule has 0 unspecified atom stereocenters. The van der Waals surface area contributed by atoms with Gasteiger partial charge < -0.3 is 4.74 Å². The Balaban J connectivity index is 2.40. The summed E-state index contributed by atoms with van der Waals surface area (Å²) in [4.78, 5) is 4.07. The van der Waals surface area contributed by atoms with E-state index in [4.69, 9.17) is 10.00 Å². The minimum absolute atomic E-state index is 0.315. The number of hydrogen-bond acceptors (Lipinski definition) is 4. The van der Waals surface area contributed by atoms with Crippen LogP contribution < -0.4 is 4.74 Å². The standard InChI is InChI=1S/C12H12N4O/c1-8-4-5-14-12(10(8)7-13)17-11-6-9(2)15-16(11)3/h4-6H,1-3H3. The molecule has 0 atom stereocenters. The quantitative estimate of drug-likeness (QED) is 0.789. The van der Waals surface area contributed by atoms with Gasteiger partial charge in [0.1, 0.15) is 11.6 Å². The van der Waals surface area contributed by atoms with Gasteiger partial charge in [0.25, 0.3) is 0 Å². The van der Waals surface area contributed by atoms with Crippen molar-refractivity contribution in [3.63, 3.8) is 0 Å². The van der Waals surface area contributed by atoms with Crippen molar-refractivity contribution < 1.29 is 4.74 Å². The molecule has 0 spiro atoms. The number of nitriles is 1. The third-order valence-electron chi connectivity index (χ3n) is 2.40. The van der Waals surface area contributed by atoms with Gasteiger partial charge in [-0.2, -0.15) is 10.4 Å². The van der Waals surface area contributed by atoms with E-state index in [0.29, 0.717) is 17.3 Å². The molecule has 0 aliphatic carbocycles. The average Bonchev–Trinajstić information content (AvgIpc) is 2.58. The Hall–Kier alpha value is -2.35. The minimum atomic E-state index is 0.315. The van der Waals surface area contributed by atoms with Crippen LogP contribution in [0.4, 0.5) is 0 Å². The lowest BCUT2D eigenvalue weighted by atomic mass is 10.2. The summed E-state index contributed by atoms with van der Waals surface area (Å²) in [5.74, 6) is 0.882. The Morgan fingerprint density at radius 3 is 2.76 bits per heavy atom. The summed E-state index contributed by atoms with van der Waals surface area (Å²) in [5.41, 5.74) is 2.15. The zero-order chi connectivity index (χ0) is 12.4. The number of hydrogen-bond donors (Lipinski definition) is 0. The second-order valence-corrected chi connectivity index (χ2v) is 3.77. The van der Waals surface area contributed by atoms with Crippen LogP contribution in [0.2, 0.25) is 0 Å². The Morgan fingerprint density at radius 2 is 2.18 bits per heavy atom. The van der Waals surface area contributed by atoms with Crippen LogP contribution >= 0.6 is 0 Å². The smallest absolute Gasteiger partial charge is 0.239 e. The Bertz CT molecular complexity index is 595. The zero-order valence-electron chi connectivity index (χ0n) is 9.93. The van der Waals surface area contributed by atoms with E-state index in [1.54, 1.807) is 30.1 Å². The van der Waals surface area contributed by atoms with E-state index in [1.807, 2.05) is 13.8 Å². The van der Waals surface area contributed by atoms with Gasteiger partial charge in [-0.3, -0.25) is 0 Å². The van der Waals surface area contributed by atoms with Crippen molar-refractivity contribution in [3.8, 4) is 17.8 Å². The monoisotopic (exact) mass is 228 g/mol. The van der Waals surface area contributed by atoms with Gasteiger partial charge in [0.15, 0.2) is 0 Å². The van der Waals surface area contributed by atoms with Gasteiger partial charge in [-0.15, -0.1) is 0 Å². The Morgan fingerprint density at radius 1 is 1.41 bits per heavy atom. The highest BCUT2D eigenvalue weighted by Gasteiger charge is 2.11. The first kappa shape index (κ1) is 11.1. The molecule has 0 aromatic carbocycles. The van der Waals surface area contributed by atoms with Crippen LogP contribution in [-0.4, -0.2) is 14.8 Å². The van der Waals surface area contributed by atoms with Crippen LogP contribution in [0.5, 0.6) is 11.8 Å². The first-order chi connectivity index (χ1) is 8.11. The number of pyridine rings is 1. The van der Waals surface area contributed by atoms with Gasteiger partial charge in [0, 0.05) is 19.3 Å². The van der Waals surface area contributed by atoms with Gasteiger partial charge in [-0.25, -0.2) is 9.67 Å². The van der Waals surface area contributed by atoms with E-state index < -0.39 is 0 Å². The number of rotatable bonds is 2. The fraction of sp³-hybridized carbons (Fsp3) is 0.250. The molecule has 0 saturated heterocycles. The van der Waals surface area contributed by atoms with E-state index in [1.165, 1.54) is 0 Å². The molecule has 0 fully saturated rings. The third kappa shape index (κ3) is 2.11. The number of aromatic nitrogens is 3. The van der Waals surface area contributed by atoms with Crippen LogP contribution in [0.1, 0.15) is 16.8 Å². The summed E-state index contributed by atoms with van der Waals surface area (Å²) in [6.45, 7) is 3.73. The summed E-state index contributed by atoms with van der Waals surface area (Å²) < 4.78 is 7.21. The molecular formula is C12H12N4O.